The van der Waals surface area contributed by atoms with Crippen molar-refractivity contribution < 1.29 is 13.9 Å². The predicted molar refractivity (Wildman–Crippen MR) is 76.9 cm³/mol. The lowest BCUT2D eigenvalue weighted by molar-refractivity contribution is 0.0973. The number of hydrogen-bond donors (Lipinski definition) is 1. The van der Waals surface area contributed by atoms with Gasteiger partial charge in [-0.15, -0.1) is 11.3 Å². The summed E-state index contributed by atoms with van der Waals surface area (Å²) in [6.07, 6.45) is 0. The summed E-state index contributed by atoms with van der Waals surface area (Å²) < 4.78 is 28.8. The summed E-state index contributed by atoms with van der Waals surface area (Å²) in [6, 6.07) is 13.0. The van der Waals surface area contributed by atoms with Gasteiger partial charge in [-0.25, -0.2) is 8.78 Å². The Bertz CT molecular complexity index is 724. The van der Waals surface area contributed by atoms with Gasteiger partial charge >= 0.3 is 0 Å². The number of benzene rings is 2. The molecule has 20 heavy (non-hydrogen) atoms. The van der Waals surface area contributed by atoms with Gasteiger partial charge in [-0.3, -0.25) is 0 Å². The highest BCUT2D eigenvalue weighted by Gasteiger charge is 2.33. The first kappa shape index (κ1) is 13.2. The molecule has 0 aliphatic carbocycles. The Hall–Kier alpha value is -1.78. The zero-order valence-electron chi connectivity index (χ0n) is 10.7. The van der Waals surface area contributed by atoms with Crippen molar-refractivity contribution in [2.24, 2.45) is 0 Å². The summed E-state index contributed by atoms with van der Waals surface area (Å²) in [4.78, 5) is 0.516. The van der Waals surface area contributed by atoms with Crippen LogP contribution < -0.4 is 0 Å². The third-order valence-corrected chi connectivity index (χ3v) is 4.68. The van der Waals surface area contributed by atoms with Crippen molar-refractivity contribution in [1.82, 2.24) is 0 Å². The normalized spacial score (nSPS) is 14.4. The SMILES string of the molecule is CC(O)(c1cc2ccccc2s1)c1c(F)cccc1F. The topological polar surface area (TPSA) is 20.2 Å². The van der Waals surface area contributed by atoms with Crippen LogP contribution in [0.25, 0.3) is 10.1 Å². The van der Waals surface area contributed by atoms with Crippen molar-refractivity contribution in [3.63, 3.8) is 0 Å². The number of thiophene rings is 1. The first-order valence-electron chi connectivity index (χ1n) is 6.16. The molecule has 0 spiro atoms. The molecule has 0 aliphatic heterocycles. The maximum Gasteiger partial charge on any atom is 0.132 e. The van der Waals surface area contributed by atoms with Gasteiger partial charge in [0.1, 0.15) is 17.2 Å². The summed E-state index contributed by atoms with van der Waals surface area (Å²) in [7, 11) is 0. The molecule has 4 heteroatoms. The Morgan fingerprint density at radius 3 is 2.30 bits per heavy atom. The lowest BCUT2D eigenvalue weighted by Crippen LogP contribution is -2.24. The van der Waals surface area contributed by atoms with Gasteiger partial charge < -0.3 is 5.11 Å². The molecule has 1 N–H and O–H groups in total. The van der Waals surface area contributed by atoms with E-state index in [0.717, 1.165) is 22.2 Å². The van der Waals surface area contributed by atoms with Crippen LogP contribution in [0.2, 0.25) is 0 Å². The molecule has 2 aromatic carbocycles. The van der Waals surface area contributed by atoms with Crippen LogP contribution in [0.1, 0.15) is 17.4 Å². The van der Waals surface area contributed by atoms with E-state index in [-0.39, 0.29) is 5.56 Å². The maximum absolute atomic E-state index is 13.9. The van der Waals surface area contributed by atoms with Crippen LogP contribution in [0.5, 0.6) is 0 Å². The van der Waals surface area contributed by atoms with Crippen LogP contribution in [-0.4, -0.2) is 5.11 Å². The fourth-order valence-corrected chi connectivity index (χ4v) is 3.42. The molecule has 0 saturated heterocycles. The molecule has 3 aromatic rings. The monoisotopic (exact) mass is 290 g/mol. The lowest BCUT2D eigenvalue weighted by Gasteiger charge is -2.23. The van der Waals surface area contributed by atoms with Crippen LogP contribution in [0, 0.1) is 11.6 Å². The fourth-order valence-electron chi connectivity index (χ4n) is 2.31. The fraction of sp³-hybridized carbons (Fsp3) is 0.125. The van der Waals surface area contributed by atoms with Crippen molar-refractivity contribution in [3.8, 4) is 0 Å². The second-order valence-corrected chi connectivity index (χ2v) is 5.90. The first-order valence-corrected chi connectivity index (χ1v) is 6.98. The molecule has 1 aromatic heterocycles. The van der Waals surface area contributed by atoms with Crippen LogP contribution in [-0.2, 0) is 5.60 Å². The van der Waals surface area contributed by atoms with Crippen LogP contribution in [0.15, 0.2) is 48.5 Å². The van der Waals surface area contributed by atoms with E-state index < -0.39 is 17.2 Å². The van der Waals surface area contributed by atoms with Gasteiger partial charge in [-0.05, 0) is 36.6 Å². The molecule has 0 bridgehead atoms. The Morgan fingerprint density at radius 1 is 1.00 bits per heavy atom. The summed E-state index contributed by atoms with van der Waals surface area (Å²) >= 11 is 1.33. The Morgan fingerprint density at radius 2 is 1.65 bits per heavy atom. The summed E-state index contributed by atoms with van der Waals surface area (Å²) in [5, 5.41) is 11.6. The minimum atomic E-state index is -1.70. The molecule has 1 atom stereocenters. The predicted octanol–water partition coefficient (Wildman–Crippen LogP) is 4.44. The van der Waals surface area contributed by atoms with Crippen LogP contribution in [0.4, 0.5) is 8.78 Å². The van der Waals surface area contributed by atoms with Gasteiger partial charge in [0.05, 0.1) is 5.56 Å². The maximum atomic E-state index is 13.9. The minimum Gasteiger partial charge on any atom is -0.380 e. The van der Waals surface area contributed by atoms with Crippen molar-refractivity contribution in [2.75, 3.05) is 0 Å². The van der Waals surface area contributed by atoms with Crippen molar-refractivity contribution in [3.05, 3.63) is 70.6 Å². The average Bonchev–Trinajstić information content (AvgIpc) is 2.82. The Balaban J connectivity index is 2.20. The molecule has 0 fully saturated rings. The first-order chi connectivity index (χ1) is 9.50. The molecule has 0 aliphatic rings. The third-order valence-electron chi connectivity index (χ3n) is 3.35. The van der Waals surface area contributed by atoms with Crippen molar-refractivity contribution >= 4 is 21.4 Å². The molecular formula is C16H12F2OS. The number of hydrogen-bond acceptors (Lipinski definition) is 2. The van der Waals surface area contributed by atoms with E-state index in [4.69, 9.17) is 0 Å². The van der Waals surface area contributed by atoms with E-state index in [1.54, 1.807) is 6.07 Å². The molecule has 0 radical (unpaired) electrons. The van der Waals surface area contributed by atoms with E-state index in [1.807, 2.05) is 24.3 Å². The Labute approximate surface area is 119 Å². The molecule has 3 rings (SSSR count). The van der Waals surface area contributed by atoms with Gasteiger partial charge in [0, 0.05) is 9.58 Å². The van der Waals surface area contributed by atoms with Gasteiger partial charge in [0.2, 0.25) is 0 Å². The van der Waals surface area contributed by atoms with Crippen molar-refractivity contribution in [2.45, 2.75) is 12.5 Å². The van der Waals surface area contributed by atoms with Gasteiger partial charge in [0.15, 0.2) is 0 Å². The second-order valence-electron chi connectivity index (χ2n) is 4.82. The third kappa shape index (κ3) is 2.01. The second kappa shape index (κ2) is 4.65. The molecule has 102 valence electrons. The largest absolute Gasteiger partial charge is 0.380 e. The number of fused-ring (bicyclic) bond motifs is 1. The summed E-state index contributed by atoms with van der Waals surface area (Å²) in [6.45, 7) is 1.42. The molecule has 1 nitrogen and oxygen atoms in total. The quantitative estimate of drug-likeness (QED) is 0.740. The van der Waals surface area contributed by atoms with Crippen LogP contribution >= 0.6 is 11.3 Å². The summed E-state index contributed by atoms with van der Waals surface area (Å²) in [5.41, 5.74) is -2.01. The zero-order valence-corrected chi connectivity index (χ0v) is 11.5. The van der Waals surface area contributed by atoms with E-state index >= 15 is 0 Å². The van der Waals surface area contributed by atoms with Gasteiger partial charge in [-0.1, -0.05) is 24.3 Å². The number of rotatable bonds is 2. The lowest BCUT2D eigenvalue weighted by atomic mass is 9.93. The average molecular weight is 290 g/mol. The highest BCUT2D eigenvalue weighted by Crippen LogP contribution is 2.39. The number of aliphatic hydroxyl groups is 1. The van der Waals surface area contributed by atoms with E-state index in [1.165, 1.54) is 24.3 Å². The van der Waals surface area contributed by atoms with Crippen LogP contribution in [0.3, 0.4) is 0 Å². The highest BCUT2D eigenvalue weighted by atomic mass is 32.1. The molecule has 0 saturated carbocycles. The standard InChI is InChI=1S/C16H12F2OS/c1-16(19,15-11(17)6-4-7-12(15)18)14-9-10-5-2-3-8-13(10)20-14/h2-9,19H,1H3. The van der Waals surface area contributed by atoms with E-state index in [9.17, 15) is 13.9 Å². The molecule has 0 amide bonds. The summed E-state index contributed by atoms with van der Waals surface area (Å²) in [5.74, 6) is -1.49. The molecule has 1 unspecified atom stereocenters. The smallest absolute Gasteiger partial charge is 0.132 e. The molecular weight excluding hydrogens is 278 g/mol. The Kier molecular flexibility index (Phi) is 3.07. The van der Waals surface area contributed by atoms with Gasteiger partial charge in [-0.2, -0.15) is 0 Å². The van der Waals surface area contributed by atoms with Gasteiger partial charge in [0.25, 0.3) is 0 Å². The number of halogens is 2. The van der Waals surface area contributed by atoms with E-state index in [0.29, 0.717) is 4.88 Å². The van der Waals surface area contributed by atoms with Crippen molar-refractivity contribution in [1.29, 1.82) is 0 Å². The van der Waals surface area contributed by atoms with E-state index in [2.05, 4.69) is 0 Å². The minimum absolute atomic E-state index is 0.313. The highest BCUT2D eigenvalue weighted by molar-refractivity contribution is 7.19. The zero-order chi connectivity index (χ0) is 14.3. The molecule has 1 heterocycles.